The van der Waals surface area contributed by atoms with Crippen LogP contribution in [-0.2, 0) is 24.3 Å². The molecule has 68 valence electrons. The van der Waals surface area contributed by atoms with Gasteiger partial charge in [-0.25, -0.2) is 0 Å². The van der Waals surface area contributed by atoms with E-state index < -0.39 is 0 Å². The van der Waals surface area contributed by atoms with Crippen LogP contribution in [0.25, 0.3) is 0 Å². The van der Waals surface area contributed by atoms with Crippen molar-refractivity contribution in [2.75, 3.05) is 6.61 Å². The van der Waals surface area contributed by atoms with E-state index in [1.165, 1.54) is 16.7 Å². The van der Waals surface area contributed by atoms with Crippen molar-refractivity contribution in [2.24, 2.45) is 4.99 Å². The average molecular weight is 175 g/mol. The maximum Gasteiger partial charge on any atom is 0.0723 e. The minimum atomic E-state index is 0.701. The number of hydrogen-bond donors (Lipinski definition) is 0. The monoisotopic (exact) mass is 175 g/mol. The molecule has 1 aromatic carbocycles. The van der Waals surface area contributed by atoms with Gasteiger partial charge in [-0.15, -0.1) is 0 Å². The predicted octanol–water partition coefficient (Wildman–Crippen LogP) is 1.96. The molecule has 2 heteroatoms. The number of rotatable bonds is 2. The highest BCUT2D eigenvalue weighted by atomic mass is 16.5. The van der Waals surface area contributed by atoms with E-state index in [1.54, 1.807) is 0 Å². The number of aliphatic imine (C=N–C) groups is 1. The Morgan fingerprint density at radius 1 is 1.46 bits per heavy atom. The zero-order valence-electron chi connectivity index (χ0n) is 7.62. The van der Waals surface area contributed by atoms with Crippen molar-refractivity contribution in [1.29, 1.82) is 0 Å². The zero-order valence-corrected chi connectivity index (χ0v) is 7.62. The van der Waals surface area contributed by atoms with Crippen LogP contribution >= 0.6 is 0 Å². The van der Waals surface area contributed by atoms with Crippen molar-refractivity contribution in [2.45, 2.75) is 19.6 Å². The Morgan fingerprint density at radius 3 is 3.23 bits per heavy atom. The minimum absolute atomic E-state index is 0.701. The molecule has 13 heavy (non-hydrogen) atoms. The number of ether oxygens (including phenoxy) is 1. The Morgan fingerprint density at radius 2 is 2.38 bits per heavy atom. The Hall–Kier alpha value is -1.15. The maximum absolute atomic E-state index is 5.42. The second-order valence-corrected chi connectivity index (χ2v) is 3.24. The second kappa shape index (κ2) is 3.71. The molecule has 1 aromatic rings. The van der Waals surface area contributed by atoms with Gasteiger partial charge in [0.1, 0.15) is 0 Å². The second-order valence-electron chi connectivity index (χ2n) is 3.24. The first kappa shape index (κ1) is 8.45. The lowest BCUT2D eigenvalue weighted by Crippen LogP contribution is -2.11. The third kappa shape index (κ3) is 1.63. The summed E-state index contributed by atoms with van der Waals surface area (Å²) in [7, 11) is 0. The van der Waals surface area contributed by atoms with Crippen molar-refractivity contribution in [3.05, 3.63) is 34.9 Å². The highest BCUT2D eigenvalue weighted by Gasteiger charge is 2.11. The van der Waals surface area contributed by atoms with Crippen molar-refractivity contribution in [3.63, 3.8) is 0 Å². The summed E-state index contributed by atoms with van der Waals surface area (Å²) in [4.78, 5) is 3.91. The van der Waals surface area contributed by atoms with Crippen molar-refractivity contribution < 1.29 is 4.74 Å². The summed E-state index contributed by atoms with van der Waals surface area (Å²) < 4.78 is 5.42. The van der Waals surface area contributed by atoms with E-state index in [9.17, 15) is 0 Å². The fourth-order valence-corrected chi connectivity index (χ4v) is 1.73. The van der Waals surface area contributed by atoms with Crippen LogP contribution < -0.4 is 0 Å². The van der Waals surface area contributed by atoms with Crippen molar-refractivity contribution in [1.82, 2.24) is 0 Å². The van der Waals surface area contributed by atoms with Gasteiger partial charge < -0.3 is 4.74 Å². The van der Waals surface area contributed by atoms with Gasteiger partial charge in [-0.1, -0.05) is 18.2 Å². The zero-order chi connectivity index (χ0) is 9.10. The summed E-state index contributed by atoms with van der Waals surface area (Å²) >= 11 is 0. The van der Waals surface area contributed by atoms with Gasteiger partial charge in [0.25, 0.3) is 0 Å². The van der Waals surface area contributed by atoms with E-state index in [0.29, 0.717) is 6.54 Å². The number of benzene rings is 1. The van der Waals surface area contributed by atoms with Crippen molar-refractivity contribution >= 4 is 6.72 Å². The van der Waals surface area contributed by atoms with Crippen LogP contribution in [0.3, 0.4) is 0 Å². The lowest BCUT2D eigenvalue weighted by atomic mass is 9.98. The number of nitrogens with zero attached hydrogens (tertiary/aromatic N) is 1. The Balaban J connectivity index is 2.39. The number of fused-ring (bicyclic) bond motifs is 1. The van der Waals surface area contributed by atoms with Gasteiger partial charge >= 0.3 is 0 Å². The van der Waals surface area contributed by atoms with E-state index >= 15 is 0 Å². The molecule has 0 spiro atoms. The van der Waals surface area contributed by atoms with Gasteiger partial charge in [0, 0.05) is 0 Å². The molecule has 0 N–H and O–H groups in total. The van der Waals surface area contributed by atoms with Crippen LogP contribution in [0.5, 0.6) is 0 Å². The molecule has 2 rings (SSSR count). The van der Waals surface area contributed by atoms with Gasteiger partial charge in [0.05, 0.1) is 19.8 Å². The smallest absolute Gasteiger partial charge is 0.0723 e. The van der Waals surface area contributed by atoms with E-state index in [-0.39, 0.29) is 0 Å². The Kier molecular flexibility index (Phi) is 2.41. The molecule has 0 radical (unpaired) electrons. The first-order chi connectivity index (χ1) is 6.42. The normalized spacial score (nSPS) is 15.1. The molecule has 0 saturated carbocycles. The van der Waals surface area contributed by atoms with Crippen LogP contribution in [-0.4, -0.2) is 13.3 Å². The molecule has 0 bridgehead atoms. The average Bonchev–Trinajstić information content (AvgIpc) is 2.19. The van der Waals surface area contributed by atoms with Gasteiger partial charge in [-0.2, -0.15) is 0 Å². The SMILES string of the molecule is C=NCc1cccc2c1COCC2. The summed E-state index contributed by atoms with van der Waals surface area (Å²) in [5, 5.41) is 0. The summed E-state index contributed by atoms with van der Waals surface area (Å²) in [5.74, 6) is 0. The third-order valence-electron chi connectivity index (χ3n) is 2.41. The van der Waals surface area contributed by atoms with Gasteiger partial charge in [0.2, 0.25) is 0 Å². The fourth-order valence-electron chi connectivity index (χ4n) is 1.73. The highest BCUT2D eigenvalue weighted by molar-refractivity contribution is 5.37. The van der Waals surface area contributed by atoms with Gasteiger partial charge in [-0.3, -0.25) is 4.99 Å². The van der Waals surface area contributed by atoms with Crippen LogP contribution in [0.2, 0.25) is 0 Å². The summed E-state index contributed by atoms with van der Waals surface area (Å²) in [6.07, 6.45) is 1.03. The molecule has 1 aliphatic heterocycles. The Labute approximate surface area is 78.3 Å². The summed E-state index contributed by atoms with van der Waals surface area (Å²) in [6, 6.07) is 6.36. The summed E-state index contributed by atoms with van der Waals surface area (Å²) in [6.45, 7) is 5.80. The van der Waals surface area contributed by atoms with Crippen LogP contribution in [0.4, 0.5) is 0 Å². The Bertz CT molecular complexity index is 320. The lowest BCUT2D eigenvalue weighted by Gasteiger charge is -2.18. The van der Waals surface area contributed by atoms with Gasteiger partial charge in [0.15, 0.2) is 0 Å². The van der Waals surface area contributed by atoms with Crippen molar-refractivity contribution in [3.8, 4) is 0 Å². The molecule has 0 amide bonds. The lowest BCUT2D eigenvalue weighted by molar-refractivity contribution is 0.110. The topological polar surface area (TPSA) is 21.6 Å². The van der Waals surface area contributed by atoms with E-state index in [2.05, 4.69) is 29.9 Å². The standard InChI is InChI=1S/C11H13NO/c1-12-7-10-4-2-3-9-5-6-13-8-11(9)10/h2-4H,1,5-8H2. The first-order valence-corrected chi connectivity index (χ1v) is 4.51. The molecule has 0 fully saturated rings. The van der Waals surface area contributed by atoms with E-state index in [1.807, 2.05) is 0 Å². The number of hydrogen-bond acceptors (Lipinski definition) is 2. The highest BCUT2D eigenvalue weighted by Crippen LogP contribution is 2.21. The van der Waals surface area contributed by atoms with Crippen LogP contribution in [0.15, 0.2) is 23.2 Å². The third-order valence-corrected chi connectivity index (χ3v) is 2.41. The maximum atomic E-state index is 5.42. The van der Waals surface area contributed by atoms with E-state index in [4.69, 9.17) is 4.74 Å². The molecule has 0 saturated heterocycles. The molecule has 0 aromatic heterocycles. The predicted molar refractivity (Wildman–Crippen MR) is 53.1 cm³/mol. The quantitative estimate of drug-likeness (QED) is 0.630. The minimum Gasteiger partial charge on any atom is -0.376 e. The molecular weight excluding hydrogens is 162 g/mol. The van der Waals surface area contributed by atoms with Crippen LogP contribution in [0, 0.1) is 0 Å². The largest absolute Gasteiger partial charge is 0.376 e. The van der Waals surface area contributed by atoms with Crippen LogP contribution in [0.1, 0.15) is 16.7 Å². The molecular formula is C11H13NO. The summed E-state index contributed by atoms with van der Waals surface area (Å²) in [5.41, 5.74) is 3.99. The molecule has 2 nitrogen and oxygen atoms in total. The molecule has 1 heterocycles. The fraction of sp³-hybridized carbons (Fsp3) is 0.364. The molecule has 0 unspecified atom stereocenters. The van der Waals surface area contributed by atoms with E-state index in [0.717, 1.165) is 19.6 Å². The molecule has 0 aliphatic carbocycles. The first-order valence-electron chi connectivity index (χ1n) is 4.51. The molecule has 1 aliphatic rings. The molecule has 0 atom stereocenters. The van der Waals surface area contributed by atoms with Gasteiger partial charge in [-0.05, 0) is 29.8 Å².